The zero-order valence-electron chi connectivity index (χ0n) is 4.26. The molecule has 0 aromatic carbocycles. The number of nitriles is 1. The van der Waals surface area contributed by atoms with Crippen molar-refractivity contribution in [3.63, 3.8) is 0 Å². The van der Waals surface area contributed by atoms with Crippen LogP contribution in [0.25, 0.3) is 0 Å². The quantitative estimate of drug-likeness (QED) is 0.539. The van der Waals surface area contributed by atoms with E-state index in [4.69, 9.17) is 10.4 Å². The lowest BCUT2D eigenvalue weighted by atomic mass is 10.3. The molecule has 0 saturated heterocycles. The van der Waals surface area contributed by atoms with Gasteiger partial charge in [-0.15, -0.1) is 0 Å². The fourth-order valence-corrected chi connectivity index (χ4v) is 0.255. The van der Waals surface area contributed by atoms with Gasteiger partial charge in [0.2, 0.25) is 0 Å². The van der Waals surface area contributed by atoms with E-state index in [1.165, 1.54) is 6.07 Å². The lowest BCUT2D eigenvalue weighted by Crippen LogP contribution is -2.00. The molecule has 0 radical (unpaired) electrons. The molecule has 0 saturated carbocycles. The predicted molar refractivity (Wildman–Crippen MR) is 26.5 cm³/mol. The average Bonchev–Trinajstić information content (AvgIpc) is 1.65. The summed E-state index contributed by atoms with van der Waals surface area (Å²) in [6, 6.07) is 1.45. The van der Waals surface area contributed by atoms with E-state index in [1.807, 2.05) is 0 Å². The van der Waals surface area contributed by atoms with Crippen LogP contribution in [0.4, 0.5) is 4.39 Å². The highest BCUT2D eigenvalue weighted by atomic mass is 19.1. The molecular formula is C5H6FNO. The Labute approximate surface area is 46.9 Å². The summed E-state index contributed by atoms with van der Waals surface area (Å²) < 4.78 is 11.6. The molecule has 0 aromatic heterocycles. The van der Waals surface area contributed by atoms with Gasteiger partial charge >= 0.3 is 0 Å². The van der Waals surface area contributed by atoms with Crippen LogP contribution in [0.2, 0.25) is 0 Å². The van der Waals surface area contributed by atoms with Crippen LogP contribution in [0.5, 0.6) is 0 Å². The maximum Gasteiger partial charge on any atom is 0.146 e. The van der Waals surface area contributed by atoms with E-state index < -0.39 is 11.9 Å². The highest BCUT2D eigenvalue weighted by Crippen LogP contribution is 2.01. The van der Waals surface area contributed by atoms with Crippen LogP contribution in [0.3, 0.4) is 0 Å². The van der Waals surface area contributed by atoms with Gasteiger partial charge in [0.05, 0.1) is 11.9 Å². The van der Waals surface area contributed by atoms with E-state index in [0.29, 0.717) is 0 Å². The van der Waals surface area contributed by atoms with E-state index >= 15 is 0 Å². The van der Waals surface area contributed by atoms with Crippen LogP contribution in [0.1, 0.15) is 6.42 Å². The van der Waals surface area contributed by atoms with Gasteiger partial charge in [-0.3, -0.25) is 0 Å². The summed E-state index contributed by atoms with van der Waals surface area (Å²) in [4.78, 5) is 0. The van der Waals surface area contributed by atoms with Crippen molar-refractivity contribution in [2.75, 3.05) is 0 Å². The fourth-order valence-electron chi connectivity index (χ4n) is 0.255. The standard InChI is InChI=1S/C5H6FNO/c1-4(6)2-5(8)3-7/h5,8H,1-2H2. The SMILES string of the molecule is C=C(F)CC(O)C#N. The number of aliphatic hydroxyl groups is 1. The number of hydrogen-bond acceptors (Lipinski definition) is 2. The van der Waals surface area contributed by atoms with Gasteiger partial charge in [0.1, 0.15) is 6.10 Å². The van der Waals surface area contributed by atoms with Gasteiger partial charge in [-0.25, -0.2) is 4.39 Å². The van der Waals surface area contributed by atoms with Crippen molar-refractivity contribution in [2.24, 2.45) is 0 Å². The van der Waals surface area contributed by atoms with Crippen molar-refractivity contribution in [1.29, 1.82) is 5.26 Å². The largest absolute Gasteiger partial charge is 0.378 e. The molecule has 2 nitrogen and oxygen atoms in total. The molecule has 1 N–H and O–H groups in total. The van der Waals surface area contributed by atoms with Gasteiger partial charge in [0.25, 0.3) is 0 Å². The molecule has 0 fully saturated rings. The third-order valence-corrected chi connectivity index (χ3v) is 0.564. The smallest absolute Gasteiger partial charge is 0.146 e. The van der Waals surface area contributed by atoms with Crippen molar-refractivity contribution in [3.8, 4) is 6.07 Å². The topological polar surface area (TPSA) is 44.0 Å². The summed E-state index contributed by atoms with van der Waals surface area (Å²) in [7, 11) is 0. The Morgan fingerprint density at radius 1 is 2.00 bits per heavy atom. The van der Waals surface area contributed by atoms with Gasteiger partial charge in [0, 0.05) is 6.42 Å². The van der Waals surface area contributed by atoms with Crippen LogP contribution in [-0.4, -0.2) is 11.2 Å². The van der Waals surface area contributed by atoms with Crippen LogP contribution in [0, 0.1) is 11.3 Å². The Kier molecular flexibility index (Phi) is 2.82. The minimum atomic E-state index is -1.24. The number of aliphatic hydroxyl groups excluding tert-OH is 1. The second-order valence-corrected chi connectivity index (χ2v) is 1.37. The average molecular weight is 115 g/mol. The molecule has 0 aliphatic rings. The first-order valence-corrected chi connectivity index (χ1v) is 2.07. The lowest BCUT2D eigenvalue weighted by Gasteiger charge is -1.93. The molecule has 1 unspecified atom stereocenters. The first-order chi connectivity index (χ1) is 3.66. The van der Waals surface area contributed by atoms with Crippen LogP contribution >= 0.6 is 0 Å². The fraction of sp³-hybridized carbons (Fsp3) is 0.400. The minimum Gasteiger partial charge on any atom is -0.378 e. The highest BCUT2D eigenvalue weighted by molar-refractivity contribution is 4.92. The molecule has 0 spiro atoms. The van der Waals surface area contributed by atoms with Crippen molar-refractivity contribution >= 4 is 0 Å². The summed E-state index contributed by atoms with van der Waals surface area (Å²) in [5.74, 6) is -0.668. The van der Waals surface area contributed by atoms with Crippen molar-refractivity contribution in [1.82, 2.24) is 0 Å². The van der Waals surface area contributed by atoms with E-state index in [1.54, 1.807) is 0 Å². The molecular weight excluding hydrogens is 109 g/mol. The summed E-state index contributed by atoms with van der Waals surface area (Å²) in [6.45, 7) is 2.87. The van der Waals surface area contributed by atoms with Crippen LogP contribution in [-0.2, 0) is 0 Å². The Morgan fingerprint density at radius 3 is 2.62 bits per heavy atom. The molecule has 8 heavy (non-hydrogen) atoms. The van der Waals surface area contributed by atoms with Gasteiger partial charge < -0.3 is 5.11 Å². The first-order valence-electron chi connectivity index (χ1n) is 2.07. The minimum absolute atomic E-state index is 0.281. The molecule has 0 aliphatic carbocycles. The van der Waals surface area contributed by atoms with Gasteiger partial charge in [-0.1, -0.05) is 6.58 Å². The first kappa shape index (κ1) is 7.12. The molecule has 3 heteroatoms. The Balaban J connectivity index is 3.43. The monoisotopic (exact) mass is 115 g/mol. The van der Waals surface area contributed by atoms with Crippen LogP contribution < -0.4 is 0 Å². The normalized spacial score (nSPS) is 12.1. The summed E-state index contributed by atoms with van der Waals surface area (Å²) in [5.41, 5.74) is 0. The number of halogens is 1. The lowest BCUT2D eigenvalue weighted by molar-refractivity contribution is 0.222. The van der Waals surface area contributed by atoms with Crippen molar-refractivity contribution in [3.05, 3.63) is 12.4 Å². The summed E-state index contributed by atoms with van der Waals surface area (Å²) in [5, 5.41) is 16.2. The summed E-state index contributed by atoms with van der Waals surface area (Å²) >= 11 is 0. The maximum absolute atomic E-state index is 11.6. The van der Waals surface area contributed by atoms with E-state index in [2.05, 4.69) is 6.58 Å². The van der Waals surface area contributed by atoms with E-state index in [-0.39, 0.29) is 6.42 Å². The third kappa shape index (κ3) is 3.32. The Bertz CT molecular complexity index is 127. The number of hydrogen-bond donors (Lipinski definition) is 1. The zero-order chi connectivity index (χ0) is 6.57. The predicted octanol–water partition coefficient (Wildman–Crippen LogP) is 0.744. The van der Waals surface area contributed by atoms with Crippen LogP contribution in [0.15, 0.2) is 12.4 Å². The van der Waals surface area contributed by atoms with Gasteiger partial charge in [0.15, 0.2) is 0 Å². The highest BCUT2D eigenvalue weighted by Gasteiger charge is 2.01. The molecule has 0 aliphatic heterocycles. The second-order valence-electron chi connectivity index (χ2n) is 1.37. The number of nitrogens with zero attached hydrogens (tertiary/aromatic N) is 1. The molecule has 0 amide bonds. The number of rotatable bonds is 2. The third-order valence-electron chi connectivity index (χ3n) is 0.564. The molecule has 44 valence electrons. The Morgan fingerprint density at radius 2 is 2.50 bits per heavy atom. The van der Waals surface area contributed by atoms with Crippen molar-refractivity contribution < 1.29 is 9.50 Å². The second kappa shape index (κ2) is 3.16. The van der Waals surface area contributed by atoms with Gasteiger partial charge in [-0.2, -0.15) is 5.26 Å². The Hall–Kier alpha value is -0.880. The molecule has 0 aromatic rings. The van der Waals surface area contributed by atoms with E-state index in [0.717, 1.165) is 0 Å². The summed E-state index contributed by atoms with van der Waals surface area (Å²) in [6.07, 6.45) is -1.52. The van der Waals surface area contributed by atoms with Crippen molar-refractivity contribution in [2.45, 2.75) is 12.5 Å². The molecule has 0 rings (SSSR count). The van der Waals surface area contributed by atoms with Gasteiger partial charge in [-0.05, 0) is 0 Å². The zero-order valence-corrected chi connectivity index (χ0v) is 4.26. The van der Waals surface area contributed by atoms with E-state index in [9.17, 15) is 4.39 Å². The maximum atomic E-state index is 11.6. The molecule has 0 heterocycles. The molecule has 1 atom stereocenters. The molecule has 0 bridgehead atoms.